The van der Waals surface area contributed by atoms with E-state index in [0.29, 0.717) is 17.8 Å². The number of nitrogens with zero attached hydrogens (tertiary/aromatic N) is 1. The number of anilines is 1. The minimum Gasteiger partial charge on any atom is -0.496 e. The normalized spacial score (nSPS) is 12.8. The fourth-order valence-corrected chi connectivity index (χ4v) is 2.60. The molecule has 0 aliphatic rings. The van der Waals surface area contributed by atoms with Crippen LogP contribution in [0.3, 0.4) is 0 Å². The number of likely N-dealkylation sites (N-methyl/N-ethyl adjacent to an activating group) is 1. The van der Waals surface area contributed by atoms with E-state index in [0.717, 1.165) is 16.2 Å². The topological polar surface area (TPSA) is 66.6 Å². The molecule has 1 unspecified atom stereocenters. The third-order valence-electron chi connectivity index (χ3n) is 4.32. The highest BCUT2D eigenvalue weighted by molar-refractivity contribution is 5.93. The number of ether oxygens (including phenoxy) is 1. The van der Waals surface area contributed by atoms with Crippen molar-refractivity contribution in [1.82, 2.24) is 0 Å². The van der Waals surface area contributed by atoms with Gasteiger partial charge in [-0.2, -0.15) is 5.26 Å². The van der Waals surface area contributed by atoms with Crippen LogP contribution >= 0.6 is 0 Å². The van der Waals surface area contributed by atoms with Crippen LogP contribution in [0.25, 0.3) is 0 Å². The van der Waals surface area contributed by atoms with E-state index >= 15 is 0 Å². The molecule has 0 aliphatic carbocycles. The molecule has 0 fully saturated rings. The smallest absolute Gasteiger partial charge is 0.282 e. The van der Waals surface area contributed by atoms with Crippen molar-refractivity contribution >= 4 is 11.6 Å². The Kier molecular flexibility index (Phi) is 6.15. The second-order valence-electron chi connectivity index (χ2n) is 6.24. The second-order valence-corrected chi connectivity index (χ2v) is 6.24. The number of hydrogen-bond donors (Lipinski definition) is 2. The second kappa shape index (κ2) is 8.32. The Balaban J connectivity index is 2.03. The van der Waals surface area contributed by atoms with Crippen LogP contribution in [0.5, 0.6) is 5.75 Å². The largest absolute Gasteiger partial charge is 0.496 e. The first kappa shape index (κ1) is 18.5. The van der Waals surface area contributed by atoms with E-state index in [9.17, 15) is 4.79 Å². The fraction of sp³-hybridized carbons (Fsp3) is 0.300. The van der Waals surface area contributed by atoms with Crippen LogP contribution in [-0.2, 0) is 11.3 Å². The van der Waals surface area contributed by atoms with Crippen molar-refractivity contribution in [2.24, 2.45) is 0 Å². The van der Waals surface area contributed by atoms with Crippen molar-refractivity contribution in [3.05, 3.63) is 59.2 Å². The third-order valence-corrected chi connectivity index (χ3v) is 4.32. The monoisotopic (exact) mass is 338 g/mol. The van der Waals surface area contributed by atoms with E-state index in [1.54, 1.807) is 31.4 Å². The van der Waals surface area contributed by atoms with Gasteiger partial charge in [0.1, 0.15) is 12.3 Å². The lowest BCUT2D eigenvalue weighted by Crippen LogP contribution is -3.12. The molecule has 5 nitrogen and oxygen atoms in total. The molecule has 25 heavy (non-hydrogen) atoms. The van der Waals surface area contributed by atoms with Crippen molar-refractivity contribution in [1.29, 1.82) is 5.26 Å². The molecule has 2 N–H and O–H groups in total. The Morgan fingerprint density at radius 3 is 2.56 bits per heavy atom. The van der Waals surface area contributed by atoms with Crippen LogP contribution in [0.4, 0.5) is 5.69 Å². The first-order valence-corrected chi connectivity index (χ1v) is 8.21. The van der Waals surface area contributed by atoms with Crippen LogP contribution in [0.1, 0.15) is 23.6 Å². The quantitative estimate of drug-likeness (QED) is 0.846. The van der Waals surface area contributed by atoms with Crippen LogP contribution in [0.2, 0.25) is 0 Å². The molecule has 0 bridgehead atoms. The van der Waals surface area contributed by atoms with E-state index in [2.05, 4.69) is 17.5 Å². The zero-order valence-electron chi connectivity index (χ0n) is 15.1. The van der Waals surface area contributed by atoms with E-state index in [1.165, 1.54) is 5.56 Å². The molecule has 2 aromatic carbocycles. The Labute approximate surface area is 148 Å². The summed E-state index contributed by atoms with van der Waals surface area (Å²) in [6.45, 7) is 4.63. The summed E-state index contributed by atoms with van der Waals surface area (Å²) in [5.74, 6) is 0.776. The van der Waals surface area contributed by atoms with Gasteiger partial charge in [0.2, 0.25) is 0 Å². The molecule has 130 valence electrons. The standard InChI is InChI=1S/C20H23N3O2/c1-14-5-10-19(25-4)17(11-14)13-23(3)15(2)20(24)22-18-8-6-16(12-21)7-9-18/h5-11,15H,13H2,1-4H3,(H,22,24)/p+1/t15-/m0/s1. The Morgan fingerprint density at radius 1 is 1.28 bits per heavy atom. The molecule has 0 heterocycles. The summed E-state index contributed by atoms with van der Waals surface area (Å²) >= 11 is 0. The number of carbonyl (C=O) groups excluding carboxylic acids is 1. The minimum atomic E-state index is -0.235. The maximum atomic E-state index is 12.5. The first-order chi connectivity index (χ1) is 11.9. The molecular formula is C20H24N3O2+. The number of carbonyl (C=O) groups is 1. The van der Waals surface area contributed by atoms with Gasteiger partial charge in [0, 0.05) is 11.3 Å². The van der Waals surface area contributed by atoms with Gasteiger partial charge in [-0.05, 0) is 50.2 Å². The molecule has 5 heteroatoms. The van der Waals surface area contributed by atoms with Crippen LogP contribution in [0, 0.1) is 18.3 Å². The molecule has 2 aromatic rings. The highest BCUT2D eigenvalue weighted by atomic mass is 16.5. The Bertz CT molecular complexity index is 779. The molecular weight excluding hydrogens is 314 g/mol. The van der Waals surface area contributed by atoms with E-state index in [4.69, 9.17) is 10.00 Å². The lowest BCUT2D eigenvalue weighted by Gasteiger charge is -2.22. The van der Waals surface area contributed by atoms with Crippen molar-refractivity contribution in [3.8, 4) is 11.8 Å². The molecule has 1 amide bonds. The molecule has 0 radical (unpaired) electrons. The summed E-state index contributed by atoms with van der Waals surface area (Å²) < 4.78 is 5.42. The number of methoxy groups -OCH3 is 1. The van der Waals surface area contributed by atoms with Gasteiger partial charge in [0.15, 0.2) is 6.04 Å². The van der Waals surface area contributed by atoms with Crippen molar-refractivity contribution < 1.29 is 14.4 Å². The Morgan fingerprint density at radius 2 is 1.96 bits per heavy atom. The number of aryl methyl sites for hydroxylation is 1. The Hall–Kier alpha value is -2.84. The third kappa shape index (κ3) is 4.82. The van der Waals surface area contributed by atoms with Gasteiger partial charge in [-0.15, -0.1) is 0 Å². The van der Waals surface area contributed by atoms with Crippen molar-refractivity contribution in [2.45, 2.75) is 26.4 Å². The van der Waals surface area contributed by atoms with Crippen LogP contribution < -0.4 is 15.0 Å². The summed E-state index contributed by atoms with van der Waals surface area (Å²) in [5, 5.41) is 11.7. The number of quaternary nitrogens is 1. The van der Waals surface area contributed by atoms with E-state index in [-0.39, 0.29) is 11.9 Å². The molecule has 2 rings (SSSR count). The van der Waals surface area contributed by atoms with Gasteiger partial charge in [0.05, 0.1) is 25.8 Å². The van der Waals surface area contributed by atoms with Gasteiger partial charge in [-0.3, -0.25) is 4.79 Å². The number of nitrogens with one attached hydrogen (secondary N) is 2. The molecule has 2 atom stereocenters. The van der Waals surface area contributed by atoms with Gasteiger partial charge in [-0.25, -0.2) is 0 Å². The van der Waals surface area contributed by atoms with Crippen molar-refractivity contribution in [2.75, 3.05) is 19.5 Å². The predicted octanol–water partition coefficient (Wildman–Crippen LogP) is 1.92. The summed E-state index contributed by atoms with van der Waals surface area (Å²) in [5.41, 5.74) is 3.51. The predicted molar refractivity (Wildman–Crippen MR) is 97.6 cm³/mol. The summed E-state index contributed by atoms with van der Waals surface area (Å²) in [7, 11) is 3.65. The lowest BCUT2D eigenvalue weighted by atomic mass is 10.1. The van der Waals surface area contributed by atoms with E-state index < -0.39 is 0 Å². The number of benzene rings is 2. The summed E-state index contributed by atoms with van der Waals surface area (Å²) in [4.78, 5) is 13.6. The van der Waals surface area contributed by atoms with Gasteiger partial charge >= 0.3 is 0 Å². The highest BCUT2D eigenvalue weighted by Gasteiger charge is 2.23. The number of hydrogen-bond acceptors (Lipinski definition) is 3. The maximum absolute atomic E-state index is 12.5. The molecule has 0 aliphatic heterocycles. The summed E-state index contributed by atoms with van der Waals surface area (Å²) in [6.07, 6.45) is 0. The molecule has 0 saturated heterocycles. The first-order valence-electron chi connectivity index (χ1n) is 8.21. The average molecular weight is 338 g/mol. The van der Waals surface area contributed by atoms with Gasteiger partial charge < -0.3 is 15.0 Å². The van der Waals surface area contributed by atoms with Crippen LogP contribution in [-0.4, -0.2) is 26.1 Å². The highest BCUT2D eigenvalue weighted by Crippen LogP contribution is 2.18. The summed E-state index contributed by atoms with van der Waals surface area (Å²) in [6, 6.07) is 14.7. The van der Waals surface area contributed by atoms with Crippen molar-refractivity contribution in [3.63, 3.8) is 0 Å². The number of nitriles is 1. The SMILES string of the molecule is COc1ccc(C)cc1C[NH+](C)[C@@H](C)C(=O)Nc1ccc(C#N)cc1. The molecule has 0 saturated carbocycles. The molecule has 0 spiro atoms. The fourth-order valence-electron chi connectivity index (χ4n) is 2.60. The average Bonchev–Trinajstić information content (AvgIpc) is 2.61. The van der Waals surface area contributed by atoms with Gasteiger partial charge in [-0.1, -0.05) is 11.6 Å². The maximum Gasteiger partial charge on any atom is 0.282 e. The van der Waals surface area contributed by atoms with Crippen LogP contribution in [0.15, 0.2) is 42.5 Å². The minimum absolute atomic E-state index is 0.0613. The zero-order valence-corrected chi connectivity index (χ0v) is 15.1. The van der Waals surface area contributed by atoms with E-state index in [1.807, 2.05) is 33.0 Å². The number of rotatable bonds is 6. The number of amides is 1. The zero-order chi connectivity index (χ0) is 18.4. The lowest BCUT2D eigenvalue weighted by molar-refractivity contribution is -0.907. The molecule has 0 aromatic heterocycles. The van der Waals surface area contributed by atoms with Gasteiger partial charge in [0.25, 0.3) is 5.91 Å².